The molecule has 1 rings (SSSR count). The van der Waals surface area contributed by atoms with Crippen LogP contribution in [0.15, 0.2) is 0 Å². The SMILES string of the molecule is NC1CP1O. The molecule has 1 aliphatic heterocycles. The third-order valence-corrected chi connectivity index (χ3v) is 1.87. The summed E-state index contributed by atoms with van der Waals surface area (Å²) >= 11 is 0. The number of rotatable bonds is 0. The van der Waals surface area contributed by atoms with Crippen molar-refractivity contribution in [3.8, 4) is 0 Å². The Morgan fingerprint density at radius 3 is 2.20 bits per heavy atom. The van der Waals surface area contributed by atoms with E-state index in [9.17, 15) is 0 Å². The minimum absolute atomic E-state index is 0.171. The maximum absolute atomic E-state index is 8.38. The van der Waals surface area contributed by atoms with Crippen molar-refractivity contribution in [1.29, 1.82) is 0 Å². The summed E-state index contributed by atoms with van der Waals surface area (Å²) in [6.45, 7) is 0. The number of hydrogen-bond acceptors (Lipinski definition) is 2. The molecular formula is C2H6NOP. The zero-order valence-electron chi connectivity index (χ0n) is 2.76. The third kappa shape index (κ3) is 0.596. The van der Waals surface area contributed by atoms with Gasteiger partial charge in [0, 0.05) is 14.3 Å². The Balaban J connectivity index is 2.20. The van der Waals surface area contributed by atoms with E-state index < -0.39 is 8.15 Å². The van der Waals surface area contributed by atoms with E-state index in [-0.39, 0.29) is 5.78 Å². The molecule has 0 amide bonds. The van der Waals surface area contributed by atoms with Crippen molar-refractivity contribution >= 4 is 8.15 Å². The van der Waals surface area contributed by atoms with Gasteiger partial charge in [-0.1, -0.05) is 0 Å². The summed E-state index contributed by atoms with van der Waals surface area (Å²) in [7, 11) is -0.654. The Morgan fingerprint density at radius 1 is 2.00 bits per heavy atom. The molecule has 0 aromatic carbocycles. The predicted octanol–water partition coefficient (Wildman–Crippen LogP) is -0.326. The second-order valence-corrected chi connectivity index (χ2v) is 3.10. The first-order valence-electron chi connectivity index (χ1n) is 1.52. The fourth-order valence-corrected chi connectivity index (χ4v) is 0.653. The van der Waals surface area contributed by atoms with E-state index in [1.807, 2.05) is 0 Å². The summed E-state index contributed by atoms with van der Waals surface area (Å²) in [4.78, 5) is 8.38. The van der Waals surface area contributed by atoms with Crippen LogP contribution in [-0.4, -0.2) is 16.8 Å². The van der Waals surface area contributed by atoms with E-state index in [1.165, 1.54) is 0 Å². The molecule has 0 saturated carbocycles. The van der Waals surface area contributed by atoms with Gasteiger partial charge in [0.15, 0.2) is 0 Å². The summed E-state index contributed by atoms with van der Waals surface area (Å²) in [5.41, 5.74) is 5.14. The fraction of sp³-hybridized carbons (Fsp3) is 1.00. The van der Waals surface area contributed by atoms with Crippen LogP contribution in [0.3, 0.4) is 0 Å². The average Bonchev–Trinajstić information content (AvgIpc) is 1.79. The maximum Gasteiger partial charge on any atom is 0.0550 e. The largest absolute Gasteiger partial charge is 0.372 e. The Labute approximate surface area is 31.8 Å². The molecule has 3 N–H and O–H groups in total. The molecule has 5 heavy (non-hydrogen) atoms. The highest BCUT2D eigenvalue weighted by atomic mass is 31.2. The first-order chi connectivity index (χ1) is 2.30. The van der Waals surface area contributed by atoms with Crippen LogP contribution in [0.4, 0.5) is 0 Å². The minimum atomic E-state index is -0.654. The van der Waals surface area contributed by atoms with Gasteiger partial charge in [0.1, 0.15) is 0 Å². The average molecular weight is 91.0 g/mol. The summed E-state index contributed by atoms with van der Waals surface area (Å²) < 4.78 is 0. The van der Waals surface area contributed by atoms with Crippen LogP contribution in [0.25, 0.3) is 0 Å². The summed E-state index contributed by atoms with van der Waals surface area (Å²) in [5.74, 6) is 0.171. The second-order valence-electron chi connectivity index (χ2n) is 1.19. The highest BCUT2D eigenvalue weighted by Gasteiger charge is 2.30. The lowest BCUT2D eigenvalue weighted by molar-refractivity contribution is 0.643. The molecule has 0 aromatic heterocycles. The zero-order valence-corrected chi connectivity index (χ0v) is 3.65. The van der Waals surface area contributed by atoms with Gasteiger partial charge >= 0.3 is 0 Å². The number of hydrogen-bond donors (Lipinski definition) is 2. The summed E-state index contributed by atoms with van der Waals surface area (Å²) in [5, 5.41) is 0. The zero-order chi connectivity index (χ0) is 3.86. The van der Waals surface area contributed by atoms with Gasteiger partial charge in [-0.05, 0) is 0 Å². The predicted molar refractivity (Wildman–Crippen MR) is 22.0 cm³/mol. The third-order valence-electron chi connectivity index (χ3n) is 0.623. The van der Waals surface area contributed by atoms with Gasteiger partial charge in [0.2, 0.25) is 0 Å². The normalized spacial score (nSPS) is 49.2. The molecule has 2 atom stereocenters. The molecular weight excluding hydrogens is 85.0 g/mol. The van der Waals surface area contributed by atoms with Crippen molar-refractivity contribution in [2.45, 2.75) is 5.78 Å². The second kappa shape index (κ2) is 0.904. The summed E-state index contributed by atoms with van der Waals surface area (Å²) in [6.07, 6.45) is 0.870. The Hall–Kier alpha value is 0.350. The van der Waals surface area contributed by atoms with Crippen LogP contribution in [0.5, 0.6) is 0 Å². The molecule has 1 fully saturated rings. The van der Waals surface area contributed by atoms with E-state index in [2.05, 4.69) is 0 Å². The van der Waals surface area contributed by atoms with Crippen LogP contribution in [0.2, 0.25) is 0 Å². The molecule has 0 bridgehead atoms. The van der Waals surface area contributed by atoms with Crippen molar-refractivity contribution in [2.75, 3.05) is 6.16 Å². The van der Waals surface area contributed by atoms with E-state index in [0.29, 0.717) is 0 Å². The lowest BCUT2D eigenvalue weighted by atomic mass is 10.8. The Kier molecular flexibility index (Phi) is 0.639. The smallest absolute Gasteiger partial charge is 0.0550 e. The van der Waals surface area contributed by atoms with Crippen LogP contribution in [0.1, 0.15) is 0 Å². The minimum Gasteiger partial charge on any atom is -0.372 e. The molecule has 3 heteroatoms. The van der Waals surface area contributed by atoms with Crippen molar-refractivity contribution in [1.82, 2.24) is 0 Å². The van der Waals surface area contributed by atoms with Crippen molar-refractivity contribution in [2.24, 2.45) is 5.73 Å². The Bertz CT molecular complexity index is 42.9. The van der Waals surface area contributed by atoms with Crippen LogP contribution in [0, 0.1) is 0 Å². The van der Waals surface area contributed by atoms with E-state index in [4.69, 9.17) is 10.6 Å². The van der Waals surface area contributed by atoms with Gasteiger partial charge in [-0.25, -0.2) is 0 Å². The van der Waals surface area contributed by atoms with Gasteiger partial charge in [0.25, 0.3) is 0 Å². The van der Waals surface area contributed by atoms with Crippen molar-refractivity contribution in [3.63, 3.8) is 0 Å². The topological polar surface area (TPSA) is 46.2 Å². The van der Waals surface area contributed by atoms with Gasteiger partial charge in [0.05, 0.1) is 5.78 Å². The molecule has 0 spiro atoms. The van der Waals surface area contributed by atoms with Crippen LogP contribution in [-0.2, 0) is 0 Å². The first-order valence-corrected chi connectivity index (χ1v) is 3.06. The van der Waals surface area contributed by atoms with Gasteiger partial charge < -0.3 is 10.6 Å². The highest BCUT2D eigenvalue weighted by molar-refractivity contribution is 7.60. The molecule has 0 radical (unpaired) electrons. The van der Waals surface area contributed by atoms with Crippen LogP contribution >= 0.6 is 8.15 Å². The maximum atomic E-state index is 8.38. The molecule has 0 aliphatic carbocycles. The van der Waals surface area contributed by atoms with E-state index in [1.54, 1.807) is 0 Å². The van der Waals surface area contributed by atoms with E-state index in [0.717, 1.165) is 6.16 Å². The molecule has 2 nitrogen and oxygen atoms in total. The highest BCUT2D eigenvalue weighted by Crippen LogP contribution is 2.50. The molecule has 2 unspecified atom stereocenters. The fourth-order valence-electron chi connectivity index (χ4n) is 0.145. The summed E-state index contributed by atoms with van der Waals surface area (Å²) in [6, 6.07) is 0. The van der Waals surface area contributed by atoms with Gasteiger partial charge in [-0.2, -0.15) is 0 Å². The molecule has 30 valence electrons. The van der Waals surface area contributed by atoms with Gasteiger partial charge in [-0.3, -0.25) is 0 Å². The lowest BCUT2D eigenvalue weighted by Crippen LogP contribution is -1.96. The van der Waals surface area contributed by atoms with Gasteiger partial charge in [-0.15, -0.1) is 0 Å². The number of nitrogens with two attached hydrogens (primary N) is 1. The molecule has 1 aliphatic rings. The standard InChI is InChI=1S/C2H6NOP/c3-2-1-5(2)4/h2,4H,1,3H2. The first kappa shape index (κ1) is 3.54. The van der Waals surface area contributed by atoms with Crippen molar-refractivity contribution < 1.29 is 4.89 Å². The van der Waals surface area contributed by atoms with Crippen LogP contribution < -0.4 is 5.73 Å². The lowest BCUT2D eigenvalue weighted by Gasteiger charge is -1.69. The molecule has 1 saturated heterocycles. The van der Waals surface area contributed by atoms with Crippen molar-refractivity contribution in [3.05, 3.63) is 0 Å². The molecule has 0 aromatic rings. The molecule has 1 heterocycles. The Morgan fingerprint density at radius 2 is 2.20 bits per heavy atom. The quantitative estimate of drug-likeness (QED) is 0.401. The van der Waals surface area contributed by atoms with E-state index >= 15 is 0 Å². The monoisotopic (exact) mass is 91.0 g/mol.